The third-order valence-electron chi connectivity index (χ3n) is 10.7. The van der Waals surface area contributed by atoms with Crippen molar-refractivity contribution in [2.24, 2.45) is 0 Å². The molecule has 3 heterocycles. The van der Waals surface area contributed by atoms with Crippen molar-refractivity contribution in [3.05, 3.63) is 194 Å². The van der Waals surface area contributed by atoms with Crippen molar-refractivity contribution in [3.8, 4) is 62.1 Å². The van der Waals surface area contributed by atoms with E-state index < -0.39 is 0 Å². The Kier molecular flexibility index (Phi) is 7.64. The SMILES string of the molecule is c1ccc(-c2cccc(-c3ccc(-n4c5ccccc5c5c6c(ccc54)sc4ccccc46)c(-c4nc(-c5ccccc5)nc(-c5ccccc5)n4)c3)c2)cc1. The molecule has 0 fully saturated rings. The van der Waals surface area contributed by atoms with E-state index in [0.717, 1.165) is 44.5 Å². The van der Waals surface area contributed by atoms with Crippen LogP contribution >= 0.6 is 11.3 Å². The lowest BCUT2D eigenvalue weighted by molar-refractivity contribution is 1.06. The van der Waals surface area contributed by atoms with Crippen LogP contribution in [-0.4, -0.2) is 19.5 Å². The Balaban J connectivity index is 1.22. The highest BCUT2D eigenvalue weighted by Gasteiger charge is 2.22. The van der Waals surface area contributed by atoms with Crippen LogP contribution in [-0.2, 0) is 0 Å². The van der Waals surface area contributed by atoms with Gasteiger partial charge in [0, 0.05) is 47.6 Å². The topological polar surface area (TPSA) is 43.6 Å². The Morgan fingerprint density at radius 1 is 0.339 bits per heavy atom. The van der Waals surface area contributed by atoms with Gasteiger partial charge in [-0.3, -0.25) is 0 Å². The Morgan fingerprint density at radius 3 is 1.61 bits per heavy atom. The second-order valence-electron chi connectivity index (χ2n) is 14.0. The number of fused-ring (bicyclic) bond motifs is 7. The van der Waals surface area contributed by atoms with E-state index in [-0.39, 0.29) is 0 Å². The number of thiophene rings is 1. The molecule has 0 aliphatic rings. The fraction of sp³-hybridized carbons (Fsp3) is 0. The van der Waals surface area contributed by atoms with Gasteiger partial charge < -0.3 is 4.57 Å². The summed E-state index contributed by atoms with van der Waals surface area (Å²) in [5.41, 5.74) is 10.6. The maximum Gasteiger partial charge on any atom is 0.166 e. The number of nitrogens with zero attached hydrogens (tertiary/aromatic N) is 4. The Hall–Kier alpha value is -7.21. The minimum atomic E-state index is 0.613. The van der Waals surface area contributed by atoms with E-state index in [0.29, 0.717) is 17.5 Å². The van der Waals surface area contributed by atoms with E-state index in [1.807, 2.05) is 47.7 Å². The van der Waals surface area contributed by atoms with Crippen molar-refractivity contribution in [1.29, 1.82) is 0 Å². The number of aromatic nitrogens is 4. The van der Waals surface area contributed by atoms with Crippen LogP contribution in [0.2, 0.25) is 0 Å². The largest absolute Gasteiger partial charge is 0.308 e. The molecule has 0 unspecified atom stereocenters. The summed E-state index contributed by atoms with van der Waals surface area (Å²) in [6, 6.07) is 68.5. The maximum atomic E-state index is 5.28. The van der Waals surface area contributed by atoms with Gasteiger partial charge in [0.2, 0.25) is 0 Å². The second kappa shape index (κ2) is 13.3. The highest BCUT2D eigenvalue weighted by Crippen LogP contribution is 2.45. The molecule has 262 valence electrons. The van der Waals surface area contributed by atoms with Gasteiger partial charge in [0.25, 0.3) is 0 Å². The van der Waals surface area contributed by atoms with Crippen LogP contribution < -0.4 is 0 Å². The minimum absolute atomic E-state index is 0.613. The predicted octanol–water partition coefficient (Wildman–Crippen LogP) is 13.7. The molecule has 0 N–H and O–H groups in total. The molecule has 0 amide bonds. The molecule has 11 aromatic rings. The molecule has 8 aromatic carbocycles. The standard InChI is InChI=1S/C51H32N4S/c1-4-15-33(16-5-1)36-21-14-22-37(31-36)38-27-28-43(41(32-38)51-53-49(34-17-6-2-7-18-34)52-50(54-51)35-19-8-3-9-20-35)55-42-25-12-10-23-39(42)47-44(55)29-30-46-48(47)40-24-11-13-26-45(40)56-46/h1-32H. The molecule has 0 bridgehead atoms. The molecule has 0 radical (unpaired) electrons. The van der Waals surface area contributed by atoms with Crippen molar-refractivity contribution >= 4 is 53.3 Å². The van der Waals surface area contributed by atoms with Gasteiger partial charge in [-0.25, -0.2) is 15.0 Å². The number of hydrogen-bond acceptors (Lipinski definition) is 4. The smallest absolute Gasteiger partial charge is 0.166 e. The fourth-order valence-electron chi connectivity index (χ4n) is 8.06. The lowest BCUT2D eigenvalue weighted by Crippen LogP contribution is -2.04. The molecule has 0 aliphatic heterocycles. The number of benzene rings is 8. The summed E-state index contributed by atoms with van der Waals surface area (Å²) in [7, 11) is 0. The summed E-state index contributed by atoms with van der Waals surface area (Å²) in [6.07, 6.45) is 0. The van der Waals surface area contributed by atoms with Gasteiger partial charge in [0.15, 0.2) is 17.5 Å². The van der Waals surface area contributed by atoms with E-state index in [2.05, 4.69) is 162 Å². The quantitative estimate of drug-likeness (QED) is 0.171. The first-order valence-corrected chi connectivity index (χ1v) is 19.6. The molecular formula is C51H32N4S. The van der Waals surface area contributed by atoms with E-state index in [1.54, 1.807) is 0 Å². The van der Waals surface area contributed by atoms with Crippen LogP contribution in [0.4, 0.5) is 0 Å². The molecule has 0 spiro atoms. The van der Waals surface area contributed by atoms with E-state index >= 15 is 0 Å². The van der Waals surface area contributed by atoms with Crippen molar-refractivity contribution in [3.63, 3.8) is 0 Å². The molecule has 56 heavy (non-hydrogen) atoms. The van der Waals surface area contributed by atoms with Crippen LogP contribution in [0.1, 0.15) is 0 Å². The molecule has 0 aliphatic carbocycles. The third-order valence-corrected chi connectivity index (χ3v) is 11.8. The monoisotopic (exact) mass is 732 g/mol. The zero-order chi connectivity index (χ0) is 37.0. The van der Waals surface area contributed by atoms with Crippen LogP contribution in [0.25, 0.3) is 104 Å². The molecule has 5 heteroatoms. The average molecular weight is 733 g/mol. The molecule has 0 atom stereocenters. The van der Waals surface area contributed by atoms with Crippen LogP contribution in [0.15, 0.2) is 194 Å². The third kappa shape index (κ3) is 5.40. The van der Waals surface area contributed by atoms with Gasteiger partial charge in [-0.2, -0.15) is 0 Å². The molecule has 3 aromatic heterocycles. The van der Waals surface area contributed by atoms with E-state index in [9.17, 15) is 0 Å². The van der Waals surface area contributed by atoms with Crippen molar-refractivity contribution in [2.45, 2.75) is 0 Å². The summed E-state index contributed by atoms with van der Waals surface area (Å²) in [5, 5.41) is 5.05. The average Bonchev–Trinajstić information content (AvgIpc) is 3.83. The lowest BCUT2D eigenvalue weighted by Gasteiger charge is -2.16. The number of hydrogen-bond donors (Lipinski definition) is 0. The van der Waals surface area contributed by atoms with Gasteiger partial charge in [0.1, 0.15) is 0 Å². The second-order valence-corrected chi connectivity index (χ2v) is 15.1. The summed E-state index contributed by atoms with van der Waals surface area (Å²) < 4.78 is 4.99. The Labute approximate surface area is 327 Å². The van der Waals surface area contributed by atoms with Crippen LogP contribution in [0.5, 0.6) is 0 Å². The minimum Gasteiger partial charge on any atom is -0.308 e. The highest BCUT2D eigenvalue weighted by molar-refractivity contribution is 7.26. The van der Waals surface area contributed by atoms with Gasteiger partial charge in [-0.15, -0.1) is 11.3 Å². The first-order valence-electron chi connectivity index (χ1n) is 18.8. The van der Waals surface area contributed by atoms with Crippen LogP contribution in [0, 0.1) is 0 Å². The van der Waals surface area contributed by atoms with Gasteiger partial charge in [-0.05, 0) is 64.7 Å². The first kappa shape index (κ1) is 32.2. The normalized spacial score (nSPS) is 11.6. The van der Waals surface area contributed by atoms with E-state index in [1.165, 1.54) is 42.1 Å². The van der Waals surface area contributed by atoms with E-state index in [4.69, 9.17) is 15.0 Å². The first-order chi connectivity index (χ1) is 27.8. The molecule has 0 saturated heterocycles. The van der Waals surface area contributed by atoms with Crippen LogP contribution in [0.3, 0.4) is 0 Å². The van der Waals surface area contributed by atoms with Gasteiger partial charge >= 0.3 is 0 Å². The van der Waals surface area contributed by atoms with Crippen molar-refractivity contribution in [1.82, 2.24) is 19.5 Å². The molecule has 4 nitrogen and oxygen atoms in total. The summed E-state index contributed by atoms with van der Waals surface area (Å²) in [6.45, 7) is 0. The number of para-hydroxylation sites is 1. The van der Waals surface area contributed by atoms with Gasteiger partial charge in [-0.1, -0.05) is 152 Å². The van der Waals surface area contributed by atoms with Gasteiger partial charge in [0.05, 0.1) is 16.7 Å². The molecular weight excluding hydrogens is 701 g/mol. The van der Waals surface area contributed by atoms with Crippen molar-refractivity contribution < 1.29 is 0 Å². The fourth-order valence-corrected chi connectivity index (χ4v) is 9.18. The lowest BCUT2D eigenvalue weighted by atomic mass is 9.97. The summed E-state index contributed by atoms with van der Waals surface area (Å²) in [4.78, 5) is 15.6. The maximum absolute atomic E-state index is 5.28. The summed E-state index contributed by atoms with van der Waals surface area (Å²) in [5.74, 6) is 1.87. The zero-order valence-electron chi connectivity index (χ0n) is 30.2. The molecule has 0 saturated carbocycles. The Morgan fingerprint density at radius 2 is 0.893 bits per heavy atom. The Bertz CT molecular complexity index is 3180. The highest BCUT2D eigenvalue weighted by atomic mass is 32.1. The predicted molar refractivity (Wildman–Crippen MR) is 234 cm³/mol. The zero-order valence-corrected chi connectivity index (χ0v) is 31.0. The van der Waals surface area contributed by atoms with Crippen molar-refractivity contribution in [2.75, 3.05) is 0 Å². The summed E-state index contributed by atoms with van der Waals surface area (Å²) >= 11 is 1.85. The molecule has 11 rings (SSSR count). The number of rotatable bonds is 6.